The largest absolute Gasteiger partial charge is 0.457 e. The van der Waals surface area contributed by atoms with Crippen molar-refractivity contribution in [3.8, 4) is 39.6 Å². The predicted molar refractivity (Wildman–Crippen MR) is 255 cm³/mol. The summed E-state index contributed by atoms with van der Waals surface area (Å²) in [6, 6.07) is 63.0. The lowest BCUT2D eigenvalue weighted by Gasteiger charge is -2.26. The van der Waals surface area contributed by atoms with E-state index < -0.39 is 0 Å². The van der Waals surface area contributed by atoms with Crippen LogP contribution in [0.15, 0.2) is 182 Å². The fourth-order valence-electron chi connectivity index (χ4n) is 8.63. The van der Waals surface area contributed by atoms with E-state index in [9.17, 15) is 0 Å². The van der Waals surface area contributed by atoms with E-state index in [2.05, 4.69) is 226 Å². The third-order valence-electron chi connectivity index (χ3n) is 12.0. The molecule has 300 valence electrons. The number of ether oxygens (including phenoxy) is 1. The van der Waals surface area contributed by atoms with Gasteiger partial charge in [0.1, 0.15) is 24.0 Å². The lowest BCUT2D eigenvalue weighted by molar-refractivity contribution is 0.483. The van der Waals surface area contributed by atoms with Gasteiger partial charge in [0.25, 0.3) is 0 Å². The second-order valence-corrected chi connectivity index (χ2v) is 18.2. The number of aromatic nitrogens is 2. The molecule has 5 nitrogen and oxygen atoms in total. The van der Waals surface area contributed by atoms with Gasteiger partial charge in [0.15, 0.2) is 0 Å². The third-order valence-corrected chi connectivity index (χ3v) is 12.0. The minimum atomic E-state index is -0.0231. The van der Waals surface area contributed by atoms with E-state index in [0.717, 1.165) is 45.1 Å². The SMILES string of the molecule is CC(C)(C)c1cc(-c2ccccc2)cc(N2CN(c3cccc(Oc4ccc5c6cc(-c7ccccc7)ccc6n(-c6cc(C(C)(C)C)ccn6)c5c4)c3)c3ccccc32)c1. The van der Waals surface area contributed by atoms with Crippen molar-refractivity contribution in [1.82, 2.24) is 9.55 Å². The molecule has 0 radical (unpaired) electrons. The molecule has 0 saturated heterocycles. The molecule has 0 fully saturated rings. The van der Waals surface area contributed by atoms with Crippen LogP contribution in [0, 0.1) is 0 Å². The van der Waals surface area contributed by atoms with Gasteiger partial charge in [-0.2, -0.15) is 0 Å². The van der Waals surface area contributed by atoms with Crippen LogP contribution in [0.25, 0.3) is 49.9 Å². The molecule has 2 aromatic heterocycles. The molecule has 1 aliphatic rings. The van der Waals surface area contributed by atoms with Crippen LogP contribution in [-0.4, -0.2) is 16.2 Å². The van der Waals surface area contributed by atoms with E-state index in [4.69, 9.17) is 9.72 Å². The topological polar surface area (TPSA) is 33.5 Å². The van der Waals surface area contributed by atoms with Crippen molar-refractivity contribution in [3.63, 3.8) is 0 Å². The Morgan fingerprint density at radius 2 is 1.10 bits per heavy atom. The molecule has 0 atom stereocenters. The first-order chi connectivity index (χ1) is 29.5. The van der Waals surface area contributed by atoms with Gasteiger partial charge >= 0.3 is 0 Å². The molecule has 0 bridgehead atoms. The molecule has 0 amide bonds. The first-order valence-corrected chi connectivity index (χ1v) is 21.2. The van der Waals surface area contributed by atoms with E-state index in [1.165, 1.54) is 50.1 Å². The number of anilines is 4. The molecular weight excluding hydrogens is 745 g/mol. The number of nitrogens with zero attached hydrogens (tertiary/aromatic N) is 4. The number of pyridine rings is 1. The van der Waals surface area contributed by atoms with E-state index >= 15 is 0 Å². The number of hydrogen-bond donors (Lipinski definition) is 0. The highest BCUT2D eigenvalue weighted by Gasteiger charge is 2.29. The van der Waals surface area contributed by atoms with Crippen molar-refractivity contribution < 1.29 is 4.74 Å². The highest BCUT2D eigenvalue weighted by atomic mass is 16.5. The summed E-state index contributed by atoms with van der Waals surface area (Å²) < 4.78 is 9.07. The smallest absolute Gasteiger partial charge is 0.137 e. The van der Waals surface area contributed by atoms with Crippen molar-refractivity contribution >= 4 is 44.6 Å². The molecule has 7 aromatic carbocycles. The Bertz CT molecular complexity index is 3060. The molecule has 0 spiro atoms. The second kappa shape index (κ2) is 14.9. The first kappa shape index (κ1) is 38.1. The molecular formula is C56H50N4O. The second-order valence-electron chi connectivity index (χ2n) is 18.2. The summed E-state index contributed by atoms with van der Waals surface area (Å²) >= 11 is 0. The van der Waals surface area contributed by atoms with Gasteiger partial charge in [-0.25, -0.2) is 4.98 Å². The first-order valence-electron chi connectivity index (χ1n) is 21.2. The quantitative estimate of drug-likeness (QED) is 0.161. The maximum atomic E-state index is 6.79. The number of hydrogen-bond acceptors (Lipinski definition) is 4. The Hall–Kier alpha value is -7.11. The summed E-state index contributed by atoms with van der Waals surface area (Å²) in [7, 11) is 0. The molecule has 0 saturated carbocycles. The third kappa shape index (κ3) is 7.20. The summed E-state index contributed by atoms with van der Waals surface area (Å²) in [5, 5.41) is 2.32. The van der Waals surface area contributed by atoms with Gasteiger partial charge in [-0.05, 0) is 117 Å². The van der Waals surface area contributed by atoms with Crippen LogP contribution >= 0.6 is 0 Å². The zero-order valence-corrected chi connectivity index (χ0v) is 35.7. The fourth-order valence-corrected chi connectivity index (χ4v) is 8.63. The molecule has 61 heavy (non-hydrogen) atoms. The Morgan fingerprint density at radius 1 is 0.443 bits per heavy atom. The Kier molecular flexibility index (Phi) is 9.29. The van der Waals surface area contributed by atoms with E-state index in [0.29, 0.717) is 6.67 Å². The molecule has 0 unspecified atom stereocenters. The average molecular weight is 795 g/mol. The summed E-state index contributed by atoms with van der Waals surface area (Å²) in [4.78, 5) is 9.76. The monoisotopic (exact) mass is 794 g/mol. The van der Waals surface area contributed by atoms with Gasteiger partial charge in [-0.3, -0.25) is 4.57 Å². The highest BCUT2D eigenvalue weighted by molar-refractivity contribution is 6.10. The van der Waals surface area contributed by atoms with Crippen LogP contribution < -0.4 is 14.5 Å². The van der Waals surface area contributed by atoms with E-state index in [1.54, 1.807) is 0 Å². The predicted octanol–water partition coefficient (Wildman–Crippen LogP) is 15.1. The lowest BCUT2D eigenvalue weighted by atomic mass is 9.85. The normalized spacial score (nSPS) is 13.0. The fraction of sp³-hybridized carbons (Fsp3) is 0.161. The molecule has 0 N–H and O–H groups in total. The molecule has 9 aromatic rings. The van der Waals surface area contributed by atoms with Crippen LogP contribution in [0.5, 0.6) is 11.5 Å². The Labute approximate surface area is 359 Å². The van der Waals surface area contributed by atoms with Crippen molar-refractivity contribution in [2.24, 2.45) is 0 Å². The van der Waals surface area contributed by atoms with E-state index in [-0.39, 0.29) is 10.8 Å². The zero-order chi connectivity index (χ0) is 41.9. The van der Waals surface area contributed by atoms with Gasteiger partial charge in [0.2, 0.25) is 0 Å². The van der Waals surface area contributed by atoms with Crippen LogP contribution in [0.2, 0.25) is 0 Å². The van der Waals surface area contributed by atoms with Crippen LogP contribution in [0.3, 0.4) is 0 Å². The average Bonchev–Trinajstić information content (AvgIpc) is 3.82. The van der Waals surface area contributed by atoms with E-state index in [1.807, 2.05) is 12.3 Å². The summed E-state index contributed by atoms with van der Waals surface area (Å²) in [6.07, 6.45) is 1.93. The molecule has 3 heterocycles. The summed E-state index contributed by atoms with van der Waals surface area (Å²) in [5.41, 5.74) is 14.0. The maximum Gasteiger partial charge on any atom is 0.137 e. The number of rotatable bonds is 7. The zero-order valence-electron chi connectivity index (χ0n) is 35.7. The minimum absolute atomic E-state index is 0.0143. The Balaban J connectivity index is 1.02. The van der Waals surface area contributed by atoms with Gasteiger partial charge in [0, 0.05) is 40.5 Å². The van der Waals surface area contributed by atoms with Gasteiger partial charge in [-0.15, -0.1) is 0 Å². The standard InChI is InChI=1S/C56H50N4O/c1-55(2,3)42-28-29-57-54(34-42)60-50-27-24-40(38-16-9-7-10-17-38)32-49(50)48-26-25-47(36-53(48)60)61-46-21-15-20-44(35-46)58-37-59(52-23-14-13-22-51(52)58)45-31-41(39-18-11-8-12-19-39)30-43(33-45)56(4,5)6/h7-36H,37H2,1-6H3. The number of benzene rings is 7. The Morgan fingerprint density at radius 3 is 1.80 bits per heavy atom. The van der Waals surface area contributed by atoms with Crippen molar-refractivity contribution in [3.05, 3.63) is 193 Å². The van der Waals surface area contributed by atoms with Gasteiger partial charge in [-0.1, -0.05) is 133 Å². The van der Waals surface area contributed by atoms with Crippen molar-refractivity contribution in [2.45, 2.75) is 52.4 Å². The molecule has 0 aliphatic carbocycles. The number of para-hydroxylation sites is 2. The summed E-state index contributed by atoms with van der Waals surface area (Å²) in [6.45, 7) is 14.3. The maximum absolute atomic E-state index is 6.79. The van der Waals surface area contributed by atoms with Crippen molar-refractivity contribution in [2.75, 3.05) is 16.5 Å². The van der Waals surface area contributed by atoms with Crippen LogP contribution in [0.4, 0.5) is 22.7 Å². The molecule has 5 heteroatoms. The molecule has 1 aliphatic heterocycles. The van der Waals surface area contributed by atoms with Crippen LogP contribution in [-0.2, 0) is 10.8 Å². The molecule has 10 rings (SSSR count). The van der Waals surface area contributed by atoms with Gasteiger partial charge < -0.3 is 14.5 Å². The lowest BCUT2D eigenvalue weighted by Crippen LogP contribution is -2.24. The summed E-state index contributed by atoms with van der Waals surface area (Å²) in [5.74, 6) is 2.43. The van der Waals surface area contributed by atoms with Crippen molar-refractivity contribution in [1.29, 1.82) is 0 Å². The van der Waals surface area contributed by atoms with Crippen LogP contribution in [0.1, 0.15) is 52.7 Å². The number of fused-ring (bicyclic) bond motifs is 4. The highest BCUT2D eigenvalue weighted by Crippen LogP contribution is 2.47. The minimum Gasteiger partial charge on any atom is -0.457 e. The van der Waals surface area contributed by atoms with Gasteiger partial charge in [0.05, 0.1) is 22.4 Å².